The van der Waals surface area contributed by atoms with Crippen LogP contribution < -0.4 is 15.0 Å². The van der Waals surface area contributed by atoms with Gasteiger partial charge in [0, 0.05) is 29.9 Å². The maximum atomic E-state index is 12.5. The van der Waals surface area contributed by atoms with E-state index in [0.29, 0.717) is 37.5 Å². The van der Waals surface area contributed by atoms with Gasteiger partial charge in [-0.3, -0.25) is 9.59 Å². The number of benzene rings is 2. The monoisotopic (exact) mass is 366 g/mol. The Labute approximate surface area is 160 Å². The van der Waals surface area contributed by atoms with Crippen molar-refractivity contribution < 1.29 is 14.3 Å². The summed E-state index contributed by atoms with van der Waals surface area (Å²) in [6.07, 6.45) is 1.21. The Balaban J connectivity index is 1.75. The van der Waals surface area contributed by atoms with Gasteiger partial charge in [-0.25, -0.2) is 0 Å². The molecule has 1 aliphatic rings. The van der Waals surface area contributed by atoms with Crippen LogP contribution in [-0.2, 0) is 11.2 Å². The van der Waals surface area contributed by atoms with Gasteiger partial charge in [-0.1, -0.05) is 13.8 Å². The van der Waals surface area contributed by atoms with Crippen molar-refractivity contribution in [1.82, 2.24) is 0 Å². The van der Waals surface area contributed by atoms with Gasteiger partial charge >= 0.3 is 0 Å². The smallest absolute Gasteiger partial charge is 0.255 e. The minimum absolute atomic E-state index is 0.163. The summed E-state index contributed by atoms with van der Waals surface area (Å²) in [7, 11) is 0. The summed E-state index contributed by atoms with van der Waals surface area (Å²) in [6, 6.07) is 12.9. The zero-order valence-corrected chi connectivity index (χ0v) is 16.1. The number of carbonyl (C=O) groups excluding carboxylic acids is 2. The summed E-state index contributed by atoms with van der Waals surface area (Å²) in [4.78, 5) is 26.6. The Morgan fingerprint density at radius 1 is 1.15 bits per heavy atom. The van der Waals surface area contributed by atoms with Gasteiger partial charge in [-0.15, -0.1) is 0 Å². The van der Waals surface area contributed by atoms with Crippen molar-refractivity contribution >= 4 is 23.2 Å². The summed E-state index contributed by atoms with van der Waals surface area (Å²) in [5.41, 5.74) is 3.37. The molecule has 1 heterocycles. The molecule has 0 bridgehead atoms. The third-order valence-corrected chi connectivity index (χ3v) is 4.51. The first kappa shape index (κ1) is 19.0. The normalized spacial score (nSPS) is 13.5. The van der Waals surface area contributed by atoms with Crippen LogP contribution in [0.15, 0.2) is 42.5 Å². The Hall–Kier alpha value is -2.82. The van der Waals surface area contributed by atoms with Gasteiger partial charge in [0.1, 0.15) is 5.75 Å². The number of hydrogen-bond acceptors (Lipinski definition) is 3. The molecule has 142 valence electrons. The van der Waals surface area contributed by atoms with Crippen molar-refractivity contribution in [3.63, 3.8) is 0 Å². The van der Waals surface area contributed by atoms with Crippen molar-refractivity contribution in [2.75, 3.05) is 23.4 Å². The zero-order chi connectivity index (χ0) is 19.4. The van der Waals surface area contributed by atoms with Gasteiger partial charge in [0.15, 0.2) is 0 Å². The number of hydrogen-bond donors (Lipinski definition) is 1. The van der Waals surface area contributed by atoms with Crippen LogP contribution in [0.4, 0.5) is 11.4 Å². The third kappa shape index (κ3) is 4.48. The molecule has 0 unspecified atom stereocenters. The number of nitrogens with zero attached hydrogens (tertiary/aromatic N) is 1. The van der Waals surface area contributed by atoms with Gasteiger partial charge in [-0.05, 0) is 67.3 Å². The van der Waals surface area contributed by atoms with E-state index >= 15 is 0 Å². The highest BCUT2D eigenvalue weighted by Crippen LogP contribution is 2.31. The molecule has 2 amide bonds. The van der Waals surface area contributed by atoms with Gasteiger partial charge in [-0.2, -0.15) is 0 Å². The fourth-order valence-electron chi connectivity index (χ4n) is 3.28. The Bertz CT molecular complexity index is 828. The highest BCUT2D eigenvalue weighted by molar-refractivity contribution is 6.05. The van der Waals surface area contributed by atoms with E-state index in [1.54, 1.807) is 24.3 Å². The Morgan fingerprint density at radius 2 is 1.89 bits per heavy atom. The summed E-state index contributed by atoms with van der Waals surface area (Å²) in [5, 5.41) is 2.94. The lowest BCUT2D eigenvalue weighted by Crippen LogP contribution is -2.37. The van der Waals surface area contributed by atoms with E-state index in [9.17, 15) is 9.59 Å². The highest BCUT2D eigenvalue weighted by atomic mass is 16.5. The summed E-state index contributed by atoms with van der Waals surface area (Å²) in [5.74, 6) is 1.16. The largest absolute Gasteiger partial charge is 0.494 e. The quantitative estimate of drug-likeness (QED) is 0.830. The van der Waals surface area contributed by atoms with Crippen LogP contribution in [0.2, 0.25) is 0 Å². The maximum absolute atomic E-state index is 12.5. The third-order valence-electron chi connectivity index (χ3n) is 4.51. The summed E-state index contributed by atoms with van der Waals surface area (Å²) in [6.45, 7) is 7.44. The van der Waals surface area contributed by atoms with Crippen LogP contribution in [0.25, 0.3) is 0 Å². The predicted octanol–water partition coefficient (Wildman–Crippen LogP) is 4.27. The molecular weight excluding hydrogens is 340 g/mol. The topological polar surface area (TPSA) is 58.6 Å². The SMILES string of the molecule is CCOc1ccc(C(=O)Nc2ccc3c(c2)CCC(=O)N3CC(C)C)cc1. The predicted molar refractivity (Wildman–Crippen MR) is 108 cm³/mol. The number of rotatable bonds is 6. The second-order valence-electron chi connectivity index (χ2n) is 7.15. The lowest BCUT2D eigenvalue weighted by molar-refractivity contribution is -0.119. The summed E-state index contributed by atoms with van der Waals surface area (Å²) < 4.78 is 5.40. The molecular formula is C22H26N2O3. The molecule has 1 N–H and O–H groups in total. The fraction of sp³-hybridized carbons (Fsp3) is 0.364. The van der Waals surface area contributed by atoms with Crippen LogP contribution in [0, 0.1) is 5.92 Å². The summed E-state index contributed by atoms with van der Waals surface area (Å²) >= 11 is 0. The van der Waals surface area contributed by atoms with Crippen molar-refractivity contribution in [3.05, 3.63) is 53.6 Å². The van der Waals surface area contributed by atoms with E-state index in [1.807, 2.05) is 30.0 Å². The van der Waals surface area contributed by atoms with Crippen molar-refractivity contribution in [2.45, 2.75) is 33.6 Å². The van der Waals surface area contributed by atoms with E-state index in [1.165, 1.54) is 0 Å². The van der Waals surface area contributed by atoms with Crippen molar-refractivity contribution in [1.29, 1.82) is 0 Å². The molecule has 2 aromatic rings. The van der Waals surface area contributed by atoms with Gasteiger partial charge in [0.25, 0.3) is 5.91 Å². The molecule has 3 rings (SSSR count). The molecule has 0 saturated carbocycles. The first-order valence-electron chi connectivity index (χ1n) is 9.45. The average Bonchev–Trinajstić information content (AvgIpc) is 2.64. The molecule has 0 aromatic heterocycles. The molecule has 5 nitrogen and oxygen atoms in total. The molecule has 0 atom stereocenters. The molecule has 0 fully saturated rings. The molecule has 1 aliphatic heterocycles. The second-order valence-corrected chi connectivity index (χ2v) is 7.15. The Morgan fingerprint density at radius 3 is 2.56 bits per heavy atom. The van der Waals surface area contributed by atoms with Crippen LogP contribution in [0.3, 0.4) is 0 Å². The second kappa shape index (κ2) is 8.25. The molecule has 2 aromatic carbocycles. The highest BCUT2D eigenvalue weighted by Gasteiger charge is 2.25. The van der Waals surface area contributed by atoms with Gasteiger partial charge in [0.05, 0.1) is 6.61 Å². The van der Waals surface area contributed by atoms with Gasteiger partial charge in [0.2, 0.25) is 5.91 Å². The van der Waals surface area contributed by atoms with Crippen LogP contribution >= 0.6 is 0 Å². The van der Waals surface area contributed by atoms with Crippen molar-refractivity contribution in [2.24, 2.45) is 5.92 Å². The minimum atomic E-state index is -0.163. The van der Waals surface area contributed by atoms with Crippen molar-refractivity contribution in [3.8, 4) is 5.75 Å². The molecule has 27 heavy (non-hydrogen) atoms. The zero-order valence-electron chi connectivity index (χ0n) is 16.1. The number of carbonyl (C=O) groups is 2. The number of nitrogens with one attached hydrogen (secondary N) is 1. The molecule has 0 saturated heterocycles. The molecule has 0 aliphatic carbocycles. The van der Waals surface area contributed by atoms with E-state index in [-0.39, 0.29) is 11.8 Å². The molecule has 0 radical (unpaired) electrons. The van der Waals surface area contributed by atoms with Crippen LogP contribution in [0.5, 0.6) is 5.75 Å². The molecule has 0 spiro atoms. The average molecular weight is 366 g/mol. The van der Waals surface area contributed by atoms with E-state index in [2.05, 4.69) is 19.2 Å². The van der Waals surface area contributed by atoms with E-state index < -0.39 is 0 Å². The fourth-order valence-corrected chi connectivity index (χ4v) is 3.28. The van der Waals surface area contributed by atoms with Gasteiger partial charge < -0.3 is 15.0 Å². The lowest BCUT2D eigenvalue weighted by atomic mass is 9.99. The maximum Gasteiger partial charge on any atom is 0.255 e. The number of anilines is 2. The lowest BCUT2D eigenvalue weighted by Gasteiger charge is -2.31. The number of amides is 2. The molecule has 5 heteroatoms. The number of fused-ring (bicyclic) bond motifs is 1. The van der Waals surface area contributed by atoms with E-state index in [4.69, 9.17) is 4.74 Å². The van der Waals surface area contributed by atoms with E-state index in [0.717, 1.165) is 22.7 Å². The van der Waals surface area contributed by atoms with Crippen LogP contribution in [0.1, 0.15) is 43.1 Å². The number of aryl methyl sites for hydroxylation is 1. The first-order valence-corrected chi connectivity index (χ1v) is 9.45. The number of ether oxygens (including phenoxy) is 1. The Kier molecular flexibility index (Phi) is 5.79. The van der Waals surface area contributed by atoms with Crippen LogP contribution in [-0.4, -0.2) is 25.0 Å². The minimum Gasteiger partial charge on any atom is -0.494 e. The first-order chi connectivity index (χ1) is 13.0. The standard InChI is InChI=1S/C22H26N2O3/c1-4-27-19-9-5-16(6-10-19)22(26)23-18-8-11-20-17(13-18)7-12-21(25)24(20)14-15(2)3/h5-6,8-11,13,15H,4,7,12,14H2,1-3H3,(H,23,26).